The summed E-state index contributed by atoms with van der Waals surface area (Å²) in [5.41, 5.74) is 1.50. The van der Waals surface area contributed by atoms with Gasteiger partial charge in [-0.15, -0.1) is 11.3 Å². The standard InChI is InChI=1S/C16H13ClN6OS2/c1-8(12-21-15(24-23-12)9-3-5-10(17)6-4-9)20-13-11-14(19-7-18-13)22-16(25-2)26-11/h3-8H,1-2H3,(H,18,19,20). The van der Waals surface area contributed by atoms with Crippen molar-refractivity contribution in [3.63, 3.8) is 0 Å². The molecule has 0 saturated carbocycles. The average Bonchev–Trinajstić information content (AvgIpc) is 3.30. The van der Waals surface area contributed by atoms with Crippen molar-refractivity contribution in [3.8, 4) is 11.5 Å². The van der Waals surface area contributed by atoms with Gasteiger partial charge >= 0.3 is 0 Å². The second kappa shape index (κ2) is 7.18. The van der Waals surface area contributed by atoms with Crippen LogP contribution < -0.4 is 5.32 Å². The van der Waals surface area contributed by atoms with E-state index in [1.165, 1.54) is 6.33 Å². The third kappa shape index (κ3) is 3.37. The number of fused-ring (bicyclic) bond motifs is 1. The van der Waals surface area contributed by atoms with E-state index in [-0.39, 0.29) is 6.04 Å². The number of thioether (sulfide) groups is 1. The third-order valence-electron chi connectivity index (χ3n) is 3.62. The molecule has 3 heterocycles. The highest BCUT2D eigenvalue weighted by atomic mass is 35.5. The molecule has 26 heavy (non-hydrogen) atoms. The highest BCUT2D eigenvalue weighted by Gasteiger charge is 2.18. The first kappa shape index (κ1) is 17.2. The minimum atomic E-state index is -0.197. The molecule has 0 aliphatic rings. The molecular formula is C16H13ClN6OS2. The summed E-state index contributed by atoms with van der Waals surface area (Å²) in [5, 5.41) is 8.05. The lowest BCUT2D eigenvalue weighted by Gasteiger charge is -2.10. The van der Waals surface area contributed by atoms with Gasteiger partial charge in [0.25, 0.3) is 5.89 Å². The van der Waals surface area contributed by atoms with Crippen LogP contribution in [-0.4, -0.2) is 31.3 Å². The van der Waals surface area contributed by atoms with E-state index in [0.717, 1.165) is 14.6 Å². The number of rotatable bonds is 5. The molecule has 0 radical (unpaired) electrons. The highest BCUT2D eigenvalue weighted by molar-refractivity contribution is 8.00. The molecule has 1 N–H and O–H groups in total. The number of thiazole rings is 1. The SMILES string of the molecule is CSc1nc2ncnc(NC(C)c3noc(-c4ccc(Cl)cc4)n3)c2s1. The average molecular weight is 405 g/mol. The molecule has 7 nitrogen and oxygen atoms in total. The molecule has 0 saturated heterocycles. The van der Waals surface area contributed by atoms with Crippen LogP contribution in [0.1, 0.15) is 18.8 Å². The van der Waals surface area contributed by atoms with Crippen molar-refractivity contribution in [1.82, 2.24) is 25.1 Å². The van der Waals surface area contributed by atoms with Gasteiger partial charge in [-0.2, -0.15) is 4.98 Å². The summed E-state index contributed by atoms with van der Waals surface area (Å²) >= 11 is 9.05. The summed E-state index contributed by atoms with van der Waals surface area (Å²) in [6.45, 7) is 1.95. The van der Waals surface area contributed by atoms with Crippen molar-refractivity contribution in [3.05, 3.63) is 41.4 Å². The van der Waals surface area contributed by atoms with Gasteiger partial charge in [0.1, 0.15) is 16.8 Å². The van der Waals surface area contributed by atoms with Crippen molar-refractivity contribution in [2.24, 2.45) is 0 Å². The van der Waals surface area contributed by atoms with Gasteiger partial charge in [0.15, 0.2) is 15.8 Å². The Kier molecular flexibility index (Phi) is 4.75. The van der Waals surface area contributed by atoms with Crippen LogP contribution >= 0.6 is 34.7 Å². The molecule has 132 valence electrons. The maximum Gasteiger partial charge on any atom is 0.257 e. The van der Waals surface area contributed by atoms with Crippen LogP contribution in [0.15, 0.2) is 39.5 Å². The Bertz CT molecular complexity index is 1050. The molecule has 0 fully saturated rings. The Hall–Kier alpha value is -2.23. The summed E-state index contributed by atoms with van der Waals surface area (Å²) in [5.74, 6) is 1.69. The van der Waals surface area contributed by atoms with Crippen molar-refractivity contribution in [1.29, 1.82) is 0 Å². The monoisotopic (exact) mass is 404 g/mol. The molecule has 0 aliphatic carbocycles. The fourth-order valence-electron chi connectivity index (χ4n) is 2.31. The molecule has 4 aromatic rings. The lowest BCUT2D eigenvalue weighted by molar-refractivity contribution is 0.420. The summed E-state index contributed by atoms with van der Waals surface area (Å²) in [7, 11) is 0. The van der Waals surface area contributed by atoms with Crippen LogP contribution in [0.25, 0.3) is 21.8 Å². The van der Waals surface area contributed by atoms with Gasteiger partial charge in [-0.1, -0.05) is 28.5 Å². The third-order valence-corrected chi connectivity index (χ3v) is 5.91. The summed E-state index contributed by atoms with van der Waals surface area (Å²) in [4.78, 5) is 17.5. The van der Waals surface area contributed by atoms with Gasteiger partial charge in [0, 0.05) is 10.6 Å². The zero-order valence-electron chi connectivity index (χ0n) is 13.8. The van der Waals surface area contributed by atoms with Crippen molar-refractivity contribution in [2.75, 3.05) is 11.6 Å². The second-order valence-corrected chi connectivity index (χ2v) is 7.88. The Morgan fingerprint density at radius 1 is 1.19 bits per heavy atom. The zero-order chi connectivity index (χ0) is 18.1. The molecule has 3 aromatic heterocycles. The fourth-order valence-corrected chi connectivity index (χ4v) is 3.91. The molecule has 0 amide bonds. The van der Waals surface area contributed by atoms with E-state index in [1.807, 2.05) is 25.3 Å². The van der Waals surface area contributed by atoms with Crippen LogP contribution in [-0.2, 0) is 0 Å². The second-order valence-electron chi connectivity index (χ2n) is 5.39. The number of halogens is 1. The van der Waals surface area contributed by atoms with E-state index < -0.39 is 0 Å². The number of nitrogens with zero attached hydrogens (tertiary/aromatic N) is 5. The van der Waals surface area contributed by atoms with Crippen molar-refractivity contribution >= 4 is 50.9 Å². The van der Waals surface area contributed by atoms with Gasteiger partial charge < -0.3 is 9.84 Å². The Labute approximate surface area is 162 Å². The normalized spacial score (nSPS) is 12.4. The molecule has 1 aromatic carbocycles. The Morgan fingerprint density at radius 2 is 2.00 bits per heavy atom. The van der Waals surface area contributed by atoms with Gasteiger partial charge in [-0.25, -0.2) is 15.0 Å². The molecule has 10 heteroatoms. The first-order chi connectivity index (χ1) is 12.6. The molecule has 0 bridgehead atoms. The predicted molar refractivity (Wildman–Crippen MR) is 104 cm³/mol. The smallest absolute Gasteiger partial charge is 0.257 e. The lowest BCUT2D eigenvalue weighted by Crippen LogP contribution is -2.09. The maximum atomic E-state index is 5.91. The number of aromatic nitrogens is 5. The topological polar surface area (TPSA) is 89.6 Å². The number of nitrogens with one attached hydrogen (secondary N) is 1. The lowest BCUT2D eigenvalue weighted by atomic mass is 10.2. The fraction of sp³-hybridized carbons (Fsp3) is 0.188. The first-order valence-electron chi connectivity index (χ1n) is 7.65. The molecular weight excluding hydrogens is 392 g/mol. The Balaban J connectivity index is 1.58. The van der Waals surface area contributed by atoms with Crippen LogP contribution in [0, 0.1) is 0 Å². The van der Waals surface area contributed by atoms with Crippen LogP contribution in [0.5, 0.6) is 0 Å². The first-order valence-corrected chi connectivity index (χ1v) is 10.1. The quantitative estimate of drug-likeness (QED) is 0.479. The molecule has 4 rings (SSSR count). The maximum absolute atomic E-state index is 5.91. The summed E-state index contributed by atoms with van der Waals surface area (Å²) in [6.07, 6.45) is 3.48. The number of hydrogen-bond donors (Lipinski definition) is 1. The van der Waals surface area contributed by atoms with Crippen molar-refractivity contribution < 1.29 is 4.52 Å². The molecule has 0 spiro atoms. The number of benzene rings is 1. The van der Waals surface area contributed by atoms with E-state index in [1.54, 1.807) is 35.2 Å². The van der Waals surface area contributed by atoms with E-state index in [0.29, 0.717) is 28.2 Å². The van der Waals surface area contributed by atoms with E-state index in [2.05, 4.69) is 30.4 Å². The largest absolute Gasteiger partial charge is 0.359 e. The number of hydrogen-bond acceptors (Lipinski definition) is 9. The van der Waals surface area contributed by atoms with Gasteiger partial charge in [0.05, 0.1) is 6.04 Å². The Morgan fingerprint density at radius 3 is 2.77 bits per heavy atom. The van der Waals surface area contributed by atoms with Crippen LogP contribution in [0.3, 0.4) is 0 Å². The van der Waals surface area contributed by atoms with E-state index in [4.69, 9.17) is 16.1 Å². The van der Waals surface area contributed by atoms with Gasteiger partial charge in [-0.3, -0.25) is 0 Å². The number of anilines is 1. The summed E-state index contributed by atoms with van der Waals surface area (Å²) in [6, 6.07) is 7.05. The van der Waals surface area contributed by atoms with Gasteiger partial charge in [-0.05, 0) is 37.4 Å². The zero-order valence-corrected chi connectivity index (χ0v) is 16.2. The molecule has 1 unspecified atom stereocenters. The van der Waals surface area contributed by atoms with Gasteiger partial charge in [0.2, 0.25) is 0 Å². The van der Waals surface area contributed by atoms with Crippen molar-refractivity contribution in [2.45, 2.75) is 17.3 Å². The minimum Gasteiger partial charge on any atom is -0.359 e. The predicted octanol–water partition coefficient (Wildman–Crippen LogP) is 4.68. The molecule has 0 aliphatic heterocycles. The van der Waals surface area contributed by atoms with Crippen LogP contribution in [0.2, 0.25) is 5.02 Å². The van der Waals surface area contributed by atoms with E-state index >= 15 is 0 Å². The van der Waals surface area contributed by atoms with Crippen LogP contribution in [0.4, 0.5) is 5.82 Å². The molecule has 1 atom stereocenters. The highest BCUT2D eigenvalue weighted by Crippen LogP contribution is 2.32. The van der Waals surface area contributed by atoms with E-state index in [9.17, 15) is 0 Å². The minimum absolute atomic E-state index is 0.197. The summed E-state index contributed by atoms with van der Waals surface area (Å²) < 4.78 is 7.22.